The van der Waals surface area contributed by atoms with Gasteiger partial charge in [0.25, 0.3) is 0 Å². The fourth-order valence-corrected chi connectivity index (χ4v) is 3.45. The van der Waals surface area contributed by atoms with Gasteiger partial charge in [0.2, 0.25) is 17.7 Å². The summed E-state index contributed by atoms with van der Waals surface area (Å²) in [5, 5.41) is 22.9. The normalized spacial score (nSPS) is 14.2. The maximum atomic E-state index is 12.6. The van der Waals surface area contributed by atoms with Gasteiger partial charge in [-0.05, 0) is 32.5 Å². The molecule has 12 nitrogen and oxygen atoms in total. The third-order valence-corrected chi connectivity index (χ3v) is 5.09. The van der Waals surface area contributed by atoms with Crippen LogP contribution in [0.1, 0.15) is 12.2 Å². The molecule has 3 heterocycles. The van der Waals surface area contributed by atoms with Gasteiger partial charge in [-0.1, -0.05) is 23.3 Å². The molecule has 0 unspecified atom stereocenters. The smallest absolute Gasteiger partial charge is 0.358 e. The molecule has 2 aromatic heterocycles. The Balaban J connectivity index is 1.33. The summed E-state index contributed by atoms with van der Waals surface area (Å²) in [6.07, 6.45) is 1.63. The fraction of sp³-hybridized carbons (Fsp3) is 0.389. The molecule has 30 heavy (non-hydrogen) atoms. The first-order valence-corrected chi connectivity index (χ1v) is 9.57. The van der Waals surface area contributed by atoms with Crippen LogP contribution in [0.25, 0.3) is 5.69 Å². The van der Waals surface area contributed by atoms with Crippen LogP contribution in [0.3, 0.4) is 0 Å². The van der Waals surface area contributed by atoms with E-state index in [0.717, 1.165) is 5.69 Å². The molecular weight excluding hydrogens is 390 g/mol. The van der Waals surface area contributed by atoms with E-state index in [0.29, 0.717) is 44.5 Å². The molecule has 1 fully saturated rings. The second kappa shape index (κ2) is 8.27. The van der Waals surface area contributed by atoms with Gasteiger partial charge in [-0.25, -0.2) is 0 Å². The third kappa shape index (κ3) is 3.97. The van der Waals surface area contributed by atoms with Crippen LogP contribution in [-0.4, -0.2) is 71.7 Å². The van der Waals surface area contributed by atoms with E-state index >= 15 is 0 Å². The molecular formula is C18H21N9O3. The Kier molecular flexibility index (Phi) is 5.37. The second-order valence-corrected chi connectivity index (χ2v) is 6.94. The van der Waals surface area contributed by atoms with E-state index in [1.54, 1.807) is 21.1 Å². The topological polar surface area (TPSA) is 128 Å². The summed E-state index contributed by atoms with van der Waals surface area (Å²) in [5.41, 5.74) is 0.876. The van der Waals surface area contributed by atoms with Crippen molar-refractivity contribution in [3.63, 3.8) is 0 Å². The van der Waals surface area contributed by atoms with E-state index in [1.165, 1.54) is 6.20 Å². The number of tetrazole rings is 1. The van der Waals surface area contributed by atoms with Gasteiger partial charge in [0.05, 0.1) is 5.69 Å². The third-order valence-electron chi connectivity index (χ3n) is 5.09. The molecule has 12 heteroatoms. The van der Waals surface area contributed by atoms with Crippen molar-refractivity contribution in [2.45, 2.75) is 19.9 Å². The fourth-order valence-electron chi connectivity index (χ4n) is 3.45. The van der Waals surface area contributed by atoms with Crippen LogP contribution in [-0.2, 0) is 11.3 Å². The number of benzene rings is 1. The van der Waals surface area contributed by atoms with Gasteiger partial charge < -0.3 is 24.5 Å². The zero-order valence-electron chi connectivity index (χ0n) is 16.5. The lowest BCUT2D eigenvalue weighted by atomic mass is 10.2. The highest BCUT2D eigenvalue weighted by atomic mass is 16.6. The number of carbonyl (C=O) groups is 1. The number of hydrogen-bond donors (Lipinski definition) is 0. The summed E-state index contributed by atoms with van der Waals surface area (Å²) in [4.78, 5) is 30.6. The van der Waals surface area contributed by atoms with Gasteiger partial charge in [0.1, 0.15) is 6.20 Å². The Morgan fingerprint density at radius 1 is 1.17 bits per heavy atom. The minimum atomic E-state index is -0.534. The summed E-state index contributed by atoms with van der Waals surface area (Å²) in [6, 6.07) is 9.65. The minimum Gasteiger partial charge on any atom is -0.358 e. The molecule has 1 aliphatic rings. The summed E-state index contributed by atoms with van der Waals surface area (Å²) in [7, 11) is 0. The van der Waals surface area contributed by atoms with E-state index in [9.17, 15) is 14.9 Å². The molecule has 0 atom stereocenters. The standard InChI is InChI=1S/C18H21N9O3/c1-14-19-16(27(29)30)13-25(14)8-7-17(28)23-9-11-24(12-10-23)18-20-21-22-26(18)15-5-3-2-4-6-15/h2-6,13H,7-12H2,1H3. The average Bonchev–Trinajstić information content (AvgIpc) is 3.40. The number of aromatic nitrogens is 6. The van der Waals surface area contributed by atoms with E-state index < -0.39 is 4.92 Å². The second-order valence-electron chi connectivity index (χ2n) is 6.94. The molecule has 1 aliphatic heterocycles. The summed E-state index contributed by atoms with van der Waals surface area (Å²) < 4.78 is 3.33. The molecule has 1 saturated heterocycles. The first-order chi connectivity index (χ1) is 14.5. The lowest BCUT2D eigenvalue weighted by Gasteiger charge is -2.34. The molecule has 0 spiro atoms. The number of anilines is 1. The maximum Gasteiger partial charge on any atom is 0.381 e. The number of rotatable bonds is 6. The number of piperazine rings is 1. The number of hydrogen-bond acceptors (Lipinski definition) is 8. The SMILES string of the molecule is Cc1nc([N+](=O)[O-])cn1CCC(=O)N1CCN(c2nnnn2-c2ccccc2)CC1. The zero-order chi connectivity index (χ0) is 21.1. The molecule has 0 bridgehead atoms. The highest BCUT2D eigenvalue weighted by molar-refractivity contribution is 5.76. The van der Waals surface area contributed by atoms with E-state index in [4.69, 9.17) is 0 Å². The largest absolute Gasteiger partial charge is 0.381 e. The Labute approximate surface area is 171 Å². The van der Waals surface area contributed by atoms with Crippen LogP contribution < -0.4 is 4.90 Å². The predicted molar refractivity (Wildman–Crippen MR) is 106 cm³/mol. The van der Waals surface area contributed by atoms with Crippen LogP contribution in [0.15, 0.2) is 36.5 Å². The summed E-state index contributed by atoms with van der Waals surface area (Å²) in [6.45, 7) is 4.40. The van der Waals surface area contributed by atoms with Crippen LogP contribution in [0, 0.1) is 17.0 Å². The van der Waals surface area contributed by atoms with Crippen LogP contribution in [0.4, 0.5) is 11.8 Å². The minimum absolute atomic E-state index is 0.00746. The predicted octanol–water partition coefficient (Wildman–Crippen LogP) is 0.814. The first kappa shape index (κ1) is 19.5. The summed E-state index contributed by atoms with van der Waals surface area (Å²) >= 11 is 0. The Bertz CT molecular complexity index is 1040. The van der Waals surface area contributed by atoms with Crippen LogP contribution in [0.5, 0.6) is 0 Å². The molecule has 0 radical (unpaired) electrons. The Morgan fingerprint density at radius 2 is 1.90 bits per heavy atom. The monoisotopic (exact) mass is 411 g/mol. The Hall–Kier alpha value is -3.83. The van der Waals surface area contributed by atoms with E-state index in [2.05, 4.69) is 25.4 Å². The maximum absolute atomic E-state index is 12.6. The number of amides is 1. The Morgan fingerprint density at radius 3 is 2.57 bits per heavy atom. The first-order valence-electron chi connectivity index (χ1n) is 9.57. The van der Waals surface area contributed by atoms with Crippen LogP contribution in [0.2, 0.25) is 0 Å². The number of para-hydroxylation sites is 1. The van der Waals surface area contributed by atoms with Crippen molar-refractivity contribution < 1.29 is 9.72 Å². The van der Waals surface area contributed by atoms with Crippen molar-refractivity contribution in [2.75, 3.05) is 31.1 Å². The van der Waals surface area contributed by atoms with E-state index in [1.807, 2.05) is 30.3 Å². The molecule has 4 rings (SSSR count). The zero-order valence-corrected chi connectivity index (χ0v) is 16.5. The quantitative estimate of drug-likeness (QED) is 0.431. The molecule has 156 valence electrons. The van der Waals surface area contributed by atoms with Crippen molar-refractivity contribution in [2.24, 2.45) is 0 Å². The van der Waals surface area contributed by atoms with E-state index in [-0.39, 0.29) is 18.1 Å². The molecule has 1 aromatic carbocycles. The van der Waals surface area contributed by atoms with Crippen LogP contribution >= 0.6 is 0 Å². The van der Waals surface area contributed by atoms with Gasteiger partial charge in [-0.15, -0.1) is 0 Å². The van der Waals surface area contributed by atoms with Gasteiger partial charge in [-0.2, -0.15) is 4.68 Å². The van der Waals surface area contributed by atoms with Crippen molar-refractivity contribution in [3.8, 4) is 5.69 Å². The molecule has 3 aromatic rings. The highest BCUT2D eigenvalue weighted by Gasteiger charge is 2.25. The lowest BCUT2D eigenvalue weighted by Crippen LogP contribution is -2.49. The molecule has 0 N–H and O–H groups in total. The number of aryl methyl sites for hydroxylation is 2. The van der Waals surface area contributed by atoms with Gasteiger partial charge in [-0.3, -0.25) is 4.79 Å². The van der Waals surface area contributed by atoms with Crippen molar-refractivity contribution in [3.05, 3.63) is 52.5 Å². The van der Waals surface area contributed by atoms with Gasteiger partial charge in [0.15, 0.2) is 0 Å². The number of carbonyl (C=O) groups excluding carboxylic acids is 1. The molecule has 1 amide bonds. The molecule has 0 saturated carbocycles. The van der Waals surface area contributed by atoms with Gasteiger partial charge in [0, 0.05) is 46.1 Å². The number of imidazole rings is 1. The lowest BCUT2D eigenvalue weighted by molar-refractivity contribution is -0.389. The van der Waals surface area contributed by atoms with Crippen molar-refractivity contribution >= 4 is 17.7 Å². The van der Waals surface area contributed by atoms with Gasteiger partial charge >= 0.3 is 5.82 Å². The number of nitro groups is 1. The van der Waals surface area contributed by atoms with Crippen molar-refractivity contribution in [1.82, 2.24) is 34.7 Å². The molecule has 0 aliphatic carbocycles. The number of nitrogens with zero attached hydrogens (tertiary/aromatic N) is 9. The average molecular weight is 411 g/mol. The summed E-state index contributed by atoms with van der Waals surface area (Å²) in [5.74, 6) is 0.972. The highest BCUT2D eigenvalue weighted by Crippen LogP contribution is 2.17. The van der Waals surface area contributed by atoms with Crippen molar-refractivity contribution in [1.29, 1.82) is 0 Å².